The van der Waals surface area contributed by atoms with Crippen molar-refractivity contribution in [2.24, 2.45) is 5.92 Å². The van der Waals surface area contributed by atoms with E-state index in [2.05, 4.69) is 4.98 Å². The average molecular weight is 271 g/mol. The van der Waals surface area contributed by atoms with Crippen LogP contribution >= 0.6 is 11.3 Å². The van der Waals surface area contributed by atoms with Gasteiger partial charge in [-0.3, -0.25) is 9.59 Å². The second-order valence-corrected chi connectivity index (χ2v) is 4.93. The van der Waals surface area contributed by atoms with Gasteiger partial charge in [-0.05, 0) is 0 Å². The lowest BCUT2D eigenvalue weighted by Gasteiger charge is -2.25. The van der Waals surface area contributed by atoms with Crippen LogP contribution in [0.25, 0.3) is 0 Å². The number of nitrogens with two attached hydrogens (primary N) is 1. The third-order valence-corrected chi connectivity index (χ3v) is 3.60. The molecule has 0 bridgehead atoms. The topological polar surface area (TPSA) is 106 Å². The smallest absolute Gasteiger partial charge is 0.311 e. The molecule has 1 aromatic heterocycles. The average Bonchev–Trinajstić information content (AvgIpc) is 2.95. The summed E-state index contributed by atoms with van der Waals surface area (Å²) >= 11 is 1.17. The molecule has 98 valence electrons. The van der Waals surface area contributed by atoms with Crippen molar-refractivity contribution in [2.75, 3.05) is 26.0 Å². The number of anilines is 1. The maximum absolute atomic E-state index is 12.1. The van der Waals surface area contributed by atoms with E-state index >= 15 is 0 Å². The van der Waals surface area contributed by atoms with Gasteiger partial charge in [-0.25, -0.2) is 4.98 Å². The van der Waals surface area contributed by atoms with Crippen LogP contribution in [0.5, 0.6) is 0 Å². The van der Waals surface area contributed by atoms with E-state index < -0.39 is 17.9 Å². The molecule has 2 unspecified atom stereocenters. The number of hydrogen-bond acceptors (Lipinski definition) is 6. The summed E-state index contributed by atoms with van der Waals surface area (Å²) in [6.45, 7) is 0.343. The summed E-state index contributed by atoms with van der Waals surface area (Å²) in [6, 6.07) is -0.474. The Labute approximate surface area is 107 Å². The van der Waals surface area contributed by atoms with E-state index in [-0.39, 0.29) is 24.8 Å². The molecule has 0 spiro atoms. The molecule has 1 amide bonds. The van der Waals surface area contributed by atoms with E-state index in [0.29, 0.717) is 5.13 Å². The Hall–Kier alpha value is -1.67. The Morgan fingerprint density at radius 2 is 2.33 bits per heavy atom. The van der Waals surface area contributed by atoms with Crippen molar-refractivity contribution in [1.82, 2.24) is 9.88 Å². The van der Waals surface area contributed by atoms with Crippen molar-refractivity contribution in [2.45, 2.75) is 6.04 Å². The maximum atomic E-state index is 12.1. The van der Waals surface area contributed by atoms with Crippen molar-refractivity contribution in [3.8, 4) is 0 Å². The number of hydrogen-bond donors (Lipinski definition) is 2. The summed E-state index contributed by atoms with van der Waals surface area (Å²) in [6.07, 6.45) is 0. The molecule has 2 rings (SSSR count). The Kier molecular flexibility index (Phi) is 3.48. The van der Waals surface area contributed by atoms with E-state index in [1.54, 1.807) is 12.4 Å². The van der Waals surface area contributed by atoms with Crippen molar-refractivity contribution < 1.29 is 19.4 Å². The number of ether oxygens (including phenoxy) is 1. The lowest BCUT2D eigenvalue weighted by Crippen LogP contribution is -2.44. The van der Waals surface area contributed by atoms with Gasteiger partial charge in [-0.1, -0.05) is 0 Å². The fourth-order valence-corrected chi connectivity index (χ4v) is 2.41. The molecule has 2 atom stereocenters. The normalized spacial score (nSPS) is 22.9. The summed E-state index contributed by atoms with van der Waals surface area (Å²) in [4.78, 5) is 28.4. The fraction of sp³-hybridized carbons (Fsp3) is 0.500. The molecule has 1 fully saturated rings. The number of thiazole rings is 1. The molecule has 1 aliphatic rings. The quantitative estimate of drug-likeness (QED) is 0.795. The zero-order valence-electron chi connectivity index (χ0n) is 9.70. The van der Waals surface area contributed by atoms with Crippen LogP contribution in [0.4, 0.5) is 5.13 Å². The number of rotatable bonds is 3. The number of carbonyl (C=O) groups is 2. The first-order valence-electron chi connectivity index (χ1n) is 5.29. The monoisotopic (exact) mass is 271 g/mol. The number of carboxylic acids is 1. The van der Waals surface area contributed by atoms with Crippen molar-refractivity contribution in [3.05, 3.63) is 11.1 Å². The third-order valence-electron chi connectivity index (χ3n) is 2.93. The van der Waals surface area contributed by atoms with Crippen molar-refractivity contribution in [3.63, 3.8) is 0 Å². The van der Waals surface area contributed by atoms with Gasteiger partial charge >= 0.3 is 5.97 Å². The molecule has 0 radical (unpaired) electrons. The standard InChI is InChI=1S/C10H13N3O4S/c1-13(7-3-17-2-5(7)9(15)16)8(14)6-4-18-10(11)12-6/h4-5,7H,2-3H2,1H3,(H2,11,12)(H,15,16). The van der Waals surface area contributed by atoms with E-state index in [0.717, 1.165) is 0 Å². The molecule has 2 heterocycles. The second kappa shape index (κ2) is 4.91. The van der Waals surface area contributed by atoms with Gasteiger partial charge in [0.25, 0.3) is 5.91 Å². The summed E-state index contributed by atoms with van der Waals surface area (Å²) in [7, 11) is 1.55. The minimum Gasteiger partial charge on any atom is -0.481 e. The lowest BCUT2D eigenvalue weighted by atomic mass is 10.0. The minimum atomic E-state index is -0.963. The van der Waals surface area contributed by atoms with Gasteiger partial charge in [0.2, 0.25) is 0 Å². The van der Waals surface area contributed by atoms with E-state index in [1.165, 1.54) is 16.2 Å². The van der Waals surface area contributed by atoms with Gasteiger partial charge in [0, 0.05) is 12.4 Å². The molecule has 3 N–H and O–H groups in total. The molecular weight excluding hydrogens is 258 g/mol. The highest BCUT2D eigenvalue weighted by Gasteiger charge is 2.39. The predicted molar refractivity (Wildman–Crippen MR) is 64.4 cm³/mol. The highest BCUT2D eigenvalue weighted by Crippen LogP contribution is 2.21. The Morgan fingerprint density at radius 3 is 2.89 bits per heavy atom. The Balaban J connectivity index is 2.13. The summed E-state index contributed by atoms with van der Waals surface area (Å²) in [5.41, 5.74) is 5.70. The van der Waals surface area contributed by atoms with Crippen LogP contribution in [0.2, 0.25) is 0 Å². The molecule has 0 aliphatic carbocycles. The van der Waals surface area contributed by atoms with Gasteiger partial charge in [-0.2, -0.15) is 0 Å². The molecule has 0 saturated carbocycles. The number of aromatic nitrogens is 1. The van der Waals surface area contributed by atoms with Crippen molar-refractivity contribution in [1.29, 1.82) is 0 Å². The molecule has 8 heteroatoms. The van der Waals surface area contributed by atoms with Gasteiger partial charge in [-0.15, -0.1) is 11.3 Å². The third kappa shape index (κ3) is 2.29. The highest BCUT2D eigenvalue weighted by atomic mass is 32.1. The number of carbonyl (C=O) groups excluding carboxylic acids is 1. The van der Waals surface area contributed by atoms with Crippen molar-refractivity contribution >= 4 is 28.3 Å². The number of amides is 1. The van der Waals surface area contributed by atoms with Crippen LogP contribution < -0.4 is 5.73 Å². The first-order valence-corrected chi connectivity index (χ1v) is 6.17. The van der Waals surface area contributed by atoms with E-state index in [1.807, 2.05) is 0 Å². The fourth-order valence-electron chi connectivity index (χ4n) is 1.88. The first kappa shape index (κ1) is 12.8. The minimum absolute atomic E-state index is 0.122. The molecule has 1 aromatic rings. The van der Waals surface area contributed by atoms with Crippen LogP contribution in [0, 0.1) is 5.92 Å². The summed E-state index contributed by atoms with van der Waals surface area (Å²) < 4.78 is 5.13. The molecular formula is C10H13N3O4S. The molecule has 7 nitrogen and oxygen atoms in total. The molecule has 1 aliphatic heterocycles. The molecule has 18 heavy (non-hydrogen) atoms. The van der Waals surface area contributed by atoms with Gasteiger partial charge in [0.05, 0.1) is 19.3 Å². The molecule has 1 saturated heterocycles. The maximum Gasteiger partial charge on any atom is 0.311 e. The predicted octanol–water partition coefficient (Wildman–Crippen LogP) is -0.103. The van der Waals surface area contributed by atoms with Gasteiger partial charge in [0.15, 0.2) is 5.13 Å². The van der Waals surface area contributed by atoms with E-state index in [4.69, 9.17) is 15.6 Å². The number of aliphatic carboxylic acids is 1. The number of carboxylic acid groups (broad SMARTS) is 1. The number of likely N-dealkylation sites (N-methyl/N-ethyl adjacent to an activating group) is 1. The Bertz CT molecular complexity index is 475. The number of nitrogen functional groups attached to an aromatic ring is 1. The zero-order valence-corrected chi connectivity index (χ0v) is 10.5. The van der Waals surface area contributed by atoms with Crippen LogP contribution in [0.15, 0.2) is 5.38 Å². The van der Waals surface area contributed by atoms with Crippen LogP contribution in [-0.4, -0.2) is 53.2 Å². The zero-order chi connectivity index (χ0) is 13.3. The summed E-state index contributed by atoms with van der Waals surface area (Å²) in [5.74, 6) is -2.01. The molecule has 0 aromatic carbocycles. The van der Waals surface area contributed by atoms with Crippen LogP contribution in [0.1, 0.15) is 10.5 Å². The van der Waals surface area contributed by atoms with Crippen LogP contribution in [-0.2, 0) is 9.53 Å². The van der Waals surface area contributed by atoms with Gasteiger partial charge in [0.1, 0.15) is 11.6 Å². The Morgan fingerprint density at radius 1 is 1.61 bits per heavy atom. The van der Waals surface area contributed by atoms with E-state index in [9.17, 15) is 9.59 Å². The highest BCUT2D eigenvalue weighted by molar-refractivity contribution is 7.13. The lowest BCUT2D eigenvalue weighted by molar-refractivity contribution is -0.142. The number of nitrogens with zero attached hydrogens (tertiary/aromatic N) is 2. The van der Waals surface area contributed by atoms with Gasteiger partial charge < -0.3 is 20.5 Å². The second-order valence-electron chi connectivity index (χ2n) is 4.04. The SMILES string of the molecule is CN(C(=O)c1csc(N)n1)C1COCC1C(=O)O. The van der Waals surface area contributed by atoms with Crippen LogP contribution in [0.3, 0.4) is 0 Å². The summed E-state index contributed by atoms with van der Waals surface area (Å²) in [5, 5.41) is 10.9. The first-order chi connectivity index (χ1) is 8.50. The largest absolute Gasteiger partial charge is 0.481 e.